The molecule has 0 bridgehead atoms. The van der Waals surface area contributed by atoms with Crippen LogP contribution in [0.15, 0.2) is 0 Å². The number of rotatable bonds is 9. The summed E-state index contributed by atoms with van der Waals surface area (Å²) in [5.41, 5.74) is 5.37. The van der Waals surface area contributed by atoms with Crippen molar-refractivity contribution in [3.8, 4) is 0 Å². The Kier molecular flexibility index (Phi) is 8.11. The molecular weight excluding hydrogens is 254 g/mol. The highest BCUT2D eigenvalue weighted by Gasteiger charge is 2.26. The highest BCUT2D eigenvalue weighted by Crippen LogP contribution is 2.15. The lowest BCUT2D eigenvalue weighted by Crippen LogP contribution is -2.50. The van der Waals surface area contributed by atoms with Gasteiger partial charge in [0.15, 0.2) is 0 Å². The van der Waals surface area contributed by atoms with Crippen LogP contribution in [0.2, 0.25) is 0 Å². The van der Waals surface area contributed by atoms with Crippen molar-refractivity contribution in [1.82, 2.24) is 10.2 Å². The summed E-state index contributed by atoms with van der Waals surface area (Å²) in [6, 6.07) is 0. The van der Waals surface area contributed by atoms with Crippen LogP contribution >= 0.6 is 0 Å². The van der Waals surface area contributed by atoms with Crippen molar-refractivity contribution in [3.63, 3.8) is 0 Å². The number of morpholine rings is 1. The van der Waals surface area contributed by atoms with Crippen molar-refractivity contribution in [3.05, 3.63) is 0 Å². The largest absolute Gasteiger partial charge is 0.373 e. The highest BCUT2D eigenvalue weighted by atomic mass is 16.5. The van der Waals surface area contributed by atoms with Gasteiger partial charge in [-0.05, 0) is 33.2 Å². The Bertz CT molecular complexity index is 282. The van der Waals surface area contributed by atoms with Crippen LogP contribution in [0.1, 0.15) is 46.0 Å². The van der Waals surface area contributed by atoms with Crippen molar-refractivity contribution >= 4 is 5.91 Å². The molecule has 1 rings (SSSR count). The van der Waals surface area contributed by atoms with Gasteiger partial charge < -0.3 is 15.8 Å². The van der Waals surface area contributed by atoms with E-state index in [1.165, 1.54) is 0 Å². The smallest absolute Gasteiger partial charge is 0.220 e. The predicted octanol–water partition coefficient (Wildman–Crippen LogP) is 1.12. The van der Waals surface area contributed by atoms with Crippen molar-refractivity contribution in [1.29, 1.82) is 0 Å². The van der Waals surface area contributed by atoms with E-state index in [0.717, 1.165) is 65.0 Å². The monoisotopic (exact) mass is 285 g/mol. The summed E-state index contributed by atoms with van der Waals surface area (Å²) in [6.07, 6.45) is 4.90. The number of unbranched alkanes of at least 4 members (excludes halogenated alkanes) is 3. The molecule has 0 spiro atoms. The first kappa shape index (κ1) is 17.4. The van der Waals surface area contributed by atoms with Gasteiger partial charge in [0.05, 0.1) is 12.2 Å². The summed E-state index contributed by atoms with van der Waals surface area (Å²) >= 11 is 0. The topological polar surface area (TPSA) is 67.6 Å². The molecule has 3 N–H and O–H groups in total. The third kappa shape index (κ3) is 7.82. The molecule has 1 amide bonds. The number of nitrogens with two attached hydrogens (primary N) is 1. The van der Waals surface area contributed by atoms with E-state index in [1.807, 2.05) is 0 Å². The van der Waals surface area contributed by atoms with Crippen molar-refractivity contribution in [2.24, 2.45) is 5.73 Å². The zero-order valence-corrected chi connectivity index (χ0v) is 13.1. The first-order valence-corrected chi connectivity index (χ1v) is 7.86. The molecule has 5 heteroatoms. The molecule has 5 nitrogen and oxygen atoms in total. The van der Waals surface area contributed by atoms with Crippen LogP contribution in [-0.4, -0.2) is 55.7 Å². The molecule has 20 heavy (non-hydrogen) atoms. The van der Waals surface area contributed by atoms with Gasteiger partial charge in [0.25, 0.3) is 0 Å². The fourth-order valence-corrected chi connectivity index (χ4v) is 2.53. The Morgan fingerprint density at radius 1 is 1.30 bits per heavy atom. The van der Waals surface area contributed by atoms with Gasteiger partial charge in [-0.3, -0.25) is 9.69 Å². The minimum atomic E-state index is -0.0642. The van der Waals surface area contributed by atoms with Crippen LogP contribution in [0.5, 0.6) is 0 Å². The fraction of sp³-hybridized carbons (Fsp3) is 0.933. The lowest BCUT2D eigenvalue weighted by atomic mass is 10.1. The van der Waals surface area contributed by atoms with E-state index >= 15 is 0 Å². The molecule has 0 saturated carbocycles. The van der Waals surface area contributed by atoms with E-state index in [0.29, 0.717) is 6.42 Å². The number of nitrogens with zero attached hydrogens (tertiary/aromatic N) is 1. The van der Waals surface area contributed by atoms with E-state index in [-0.39, 0.29) is 11.5 Å². The first-order valence-electron chi connectivity index (χ1n) is 7.86. The Morgan fingerprint density at radius 3 is 2.75 bits per heavy atom. The molecule has 118 valence electrons. The van der Waals surface area contributed by atoms with Gasteiger partial charge in [-0.1, -0.05) is 12.8 Å². The molecule has 1 fully saturated rings. The number of nitrogens with one attached hydrogen (secondary N) is 1. The first-order chi connectivity index (χ1) is 9.53. The third-order valence-electron chi connectivity index (χ3n) is 3.61. The molecule has 0 atom stereocenters. The summed E-state index contributed by atoms with van der Waals surface area (Å²) in [5.74, 6) is 0.172. The zero-order valence-electron chi connectivity index (χ0n) is 13.1. The molecular formula is C15H31N3O2. The van der Waals surface area contributed by atoms with Crippen LogP contribution in [0, 0.1) is 0 Å². The van der Waals surface area contributed by atoms with Gasteiger partial charge in [-0.25, -0.2) is 0 Å². The molecule has 0 aliphatic carbocycles. The second kappa shape index (κ2) is 9.32. The van der Waals surface area contributed by atoms with Crippen molar-refractivity contribution in [2.75, 3.05) is 39.3 Å². The molecule has 1 aliphatic rings. The van der Waals surface area contributed by atoms with E-state index in [9.17, 15) is 4.79 Å². The molecule has 0 aromatic carbocycles. The lowest BCUT2D eigenvalue weighted by molar-refractivity contribution is -0.121. The second-order valence-electron chi connectivity index (χ2n) is 6.19. The average Bonchev–Trinajstić information content (AvgIpc) is 2.37. The van der Waals surface area contributed by atoms with Gasteiger partial charge in [-0.2, -0.15) is 0 Å². The van der Waals surface area contributed by atoms with Crippen molar-refractivity contribution < 1.29 is 9.53 Å². The van der Waals surface area contributed by atoms with Gasteiger partial charge >= 0.3 is 0 Å². The number of hydrogen-bond donors (Lipinski definition) is 2. The van der Waals surface area contributed by atoms with Gasteiger partial charge in [0.2, 0.25) is 5.91 Å². The SMILES string of the molecule is CC1(C)CN(CCNC(=O)CCCCCCN)CCO1. The van der Waals surface area contributed by atoms with E-state index in [4.69, 9.17) is 10.5 Å². The molecule has 0 aromatic heterocycles. The number of ether oxygens (including phenoxy) is 1. The predicted molar refractivity (Wildman–Crippen MR) is 81.6 cm³/mol. The quantitative estimate of drug-likeness (QED) is 0.623. The number of carbonyl (C=O) groups excluding carboxylic acids is 1. The Labute approximate surface area is 123 Å². The fourth-order valence-electron chi connectivity index (χ4n) is 2.53. The summed E-state index contributed by atoms with van der Waals surface area (Å²) in [4.78, 5) is 14.0. The summed E-state index contributed by atoms with van der Waals surface area (Å²) < 4.78 is 5.67. The van der Waals surface area contributed by atoms with Crippen LogP contribution < -0.4 is 11.1 Å². The highest BCUT2D eigenvalue weighted by molar-refractivity contribution is 5.75. The number of hydrogen-bond acceptors (Lipinski definition) is 4. The number of carbonyl (C=O) groups is 1. The Morgan fingerprint density at radius 2 is 2.05 bits per heavy atom. The minimum Gasteiger partial charge on any atom is -0.373 e. The molecule has 0 aromatic rings. The van der Waals surface area contributed by atoms with E-state index in [2.05, 4.69) is 24.1 Å². The maximum atomic E-state index is 11.7. The third-order valence-corrected chi connectivity index (χ3v) is 3.61. The standard InChI is InChI=1S/C15H31N3O2/c1-15(2)13-18(11-12-20-15)10-9-17-14(19)7-5-3-4-6-8-16/h3-13,16H2,1-2H3,(H,17,19). The summed E-state index contributed by atoms with van der Waals surface area (Å²) in [6.45, 7) is 9.28. The Balaban J connectivity index is 2.01. The van der Waals surface area contributed by atoms with E-state index in [1.54, 1.807) is 0 Å². The second-order valence-corrected chi connectivity index (χ2v) is 6.19. The lowest BCUT2D eigenvalue weighted by Gasteiger charge is -2.38. The molecule has 0 radical (unpaired) electrons. The van der Waals surface area contributed by atoms with Gasteiger partial charge in [-0.15, -0.1) is 0 Å². The van der Waals surface area contributed by atoms with Crippen LogP contribution in [0.25, 0.3) is 0 Å². The minimum absolute atomic E-state index is 0.0642. The zero-order chi connectivity index (χ0) is 14.8. The molecule has 1 saturated heterocycles. The van der Waals surface area contributed by atoms with Crippen LogP contribution in [0.4, 0.5) is 0 Å². The number of amides is 1. The molecule has 0 unspecified atom stereocenters. The Hall–Kier alpha value is -0.650. The summed E-state index contributed by atoms with van der Waals surface area (Å²) in [5, 5.41) is 3.00. The van der Waals surface area contributed by atoms with Crippen molar-refractivity contribution in [2.45, 2.75) is 51.6 Å². The maximum absolute atomic E-state index is 11.7. The van der Waals surface area contributed by atoms with Crippen LogP contribution in [0.3, 0.4) is 0 Å². The normalized spacial score (nSPS) is 18.9. The maximum Gasteiger partial charge on any atom is 0.220 e. The average molecular weight is 285 g/mol. The van der Waals surface area contributed by atoms with Crippen LogP contribution in [-0.2, 0) is 9.53 Å². The molecule has 1 heterocycles. The van der Waals surface area contributed by atoms with Gasteiger partial charge in [0, 0.05) is 32.6 Å². The summed E-state index contributed by atoms with van der Waals surface area (Å²) in [7, 11) is 0. The molecule has 1 aliphatic heterocycles. The van der Waals surface area contributed by atoms with Gasteiger partial charge in [0.1, 0.15) is 0 Å². The van der Waals surface area contributed by atoms with E-state index < -0.39 is 0 Å².